The molecule has 84 valence electrons. The zero-order valence-corrected chi connectivity index (χ0v) is 8.26. The Morgan fingerprint density at radius 3 is 2.19 bits per heavy atom. The first-order valence-electron chi connectivity index (χ1n) is 3.79. The number of hydrogen-bond donors (Lipinski definition) is 2. The molecule has 0 aliphatic rings. The monoisotopic (exact) mass is 245 g/mol. The van der Waals surface area contributed by atoms with Gasteiger partial charge >= 0.3 is 11.9 Å². The number of nitro groups is 1. The summed E-state index contributed by atoms with van der Waals surface area (Å²) in [7, 11) is 0. The molecule has 0 amide bonds. The lowest BCUT2D eigenvalue weighted by Crippen LogP contribution is -2.09. The number of rotatable bonds is 3. The molecule has 2 N–H and O–H groups in total. The number of carboxylic acids is 2. The van der Waals surface area contributed by atoms with E-state index in [2.05, 4.69) is 0 Å². The van der Waals surface area contributed by atoms with Crippen molar-refractivity contribution in [1.29, 1.82) is 0 Å². The van der Waals surface area contributed by atoms with Gasteiger partial charge in [-0.2, -0.15) is 0 Å². The molecule has 7 nitrogen and oxygen atoms in total. The standard InChI is InChI=1S/C8H4ClNO6/c9-4-2-1-3(7(11)12)6(10(15)16)5(4)8(13)14/h1-2H,(H,11,12)(H,13,14). The molecule has 0 saturated heterocycles. The first kappa shape index (κ1) is 11.9. The minimum atomic E-state index is -1.65. The van der Waals surface area contributed by atoms with Gasteiger partial charge in [0.1, 0.15) is 5.56 Å². The van der Waals surface area contributed by atoms with Gasteiger partial charge in [0.2, 0.25) is 0 Å². The molecule has 0 aliphatic carbocycles. The van der Waals surface area contributed by atoms with E-state index >= 15 is 0 Å². The van der Waals surface area contributed by atoms with Crippen LogP contribution in [0, 0.1) is 10.1 Å². The molecule has 0 heterocycles. The van der Waals surface area contributed by atoms with Crippen LogP contribution in [0.15, 0.2) is 12.1 Å². The summed E-state index contributed by atoms with van der Waals surface area (Å²) in [5, 5.41) is 27.6. The molecular weight excluding hydrogens is 242 g/mol. The fourth-order valence-electron chi connectivity index (χ4n) is 1.13. The molecule has 0 aliphatic heterocycles. The van der Waals surface area contributed by atoms with E-state index in [0.717, 1.165) is 12.1 Å². The highest BCUT2D eigenvalue weighted by Gasteiger charge is 2.30. The molecule has 0 fully saturated rings. The average molecular weight is 246 g/mol. The Hall–Kier alpha value is -2.15. The second-order valence-electron chi connectivity index (χ2n) is 2.69. The van der Waals surface area contributed by atoms with Crippen molar-refractivity contribution in [3.8, 4) is 0 Å². The molecule has 0 aromatic heterocycles. The first-order valence-corrected chi connectivity index (χ1v) is 4.17. The normalized spacial score (nSPS) is 9.81. The maximum atomic E-state index is 10.7. The zero-order chi connectivity index (χ0) is 12.5. The molecular formula is C8H4ClNO6. The van der Waals surface area contributed by atoms with Crippen molar-refractivity contribution < 1.29 is 24.7 Å². The van der Waals surface area contributed by atoms with E-state index in [1.54, 1.807) is 0 Å². The first-order chi connectivity index (χ1) is 7.36. The third kappa shape index (κ3) is 1.94. The topological polar surface area (TPSA) is 118 Å². The van der Waals surface area contributed by atoms with E-state index in [-0.39, 0.29) is 5.02 Å². The van der Waals surface area contributed by atoms with Gasteiger partial charge in [-0.25, -0.2) is 9.59 Å². The lowest BCUT2D eigenvalue weighted by molar-refractivity contribution is -0.385. The molecule has 16 heavy (non-hydrogen) atoms. The maximum absolute atomic E-state index is 10.7. The number of benzene rings is 1. The number of carboxylic acid groups (broad SMARTS) is 2. The van der Waals surface area contributed by atoms with Crippen molar-refractivity contribution in [2.45, 2.75) is 0 Å². The van der Waals surface area contributed by atoms with Crippen LogP contribution in [0.1, 0.15) is 20.7 Å². The fourth-order valence-corrected chi connectivity index (χ4v) is 1.37. The minimum Gasteiger partial charge on any atom is -0.477 e. The number of aromatic carboxylic acids is 2. The molecule has 0 atom stereocenters. The van der Waals surface area contributed by atoms with E-state index < -0.39 is 33.7 Å². The number of hydrogen-bond acceptors (Lipinski definition) is 4. The maximum Gasteiger partial charge on any atom is 0.344 e. The summed E-state index contributed by atoms with van der Waals surface area (Å²) < 4.78 is 0. The summed E-state index contributed by atoms with van der Waals surface area (Å²) in [5.74, 6) is -3.24. The molecule has 0 spiro atoms. The lowest BCUT2D eigenvalue weighted by atomic mass is 10.1. The third-order valence-electron chi connectivity index (χ3n) is 1.75. The van der Waals surface area contributed by atoms with E-state index in [1.807, 2.05) is 0 Å². The van der Waals surface area contributed by atoms with Crippen molar-refractivity contribution in [2.75, 3.05) is 0 Å². The largest absolute Gasteiger partial charge is 0.477 e. The number of nitro benzene ring substituents is 1. The van der Waals surface area contributed by atoms with Crippen molar-refractivity contribution in [1.82, 2.24) is 0 Å². The minimum absolute atomic E-state index is 0.385. The molecule has 8 heteroatoms. The van der Waals surface area contributed by atoms with Crippen LogP contribution in [0.5, 0.6) is 0 Å². The van der Waals surface area contributed by atoms with E-state index in [9.17, 15) is 19.7 Å². The van der Waals surface area contributed by atoms with Crippen LogP contribution in [0.25, 0.3) is 0 Å². The summed E-state index contributed by atoms with van der Waals surface area (Å²) in [6.07, 6.45) is 0. The summed E-state index contributed by atoms with van der Waals surface area (Å²) in [6, 6.07) is 1.87. The molecule has 1 rings (SSSR count). The summed E-state index contributed by atoms with van der Waals surface area (Å²) in [6.45, 7) is 0. The van der Waals surface area contributed by atoms with Gasteiger partial charge in [0.15, 0.2) is 5.56 Å². The van der Waals surface area contributed by atoms with E-state index in [4.69, 9.17) is 21.8 Å². The van der Waals surface area contributed by atoms with Gasteiger partial charge in [0, 0.05) is 0 Å². The predicted octanol–water partition coefficient (Wildman–Crippen LogP) is 1.64. The number of halogens is 1. The van der Waals surface area contributed by atoms with Crippen molar-refractivity contribution >= 4 is 29.2 Å². The Labute approximate surface area is 93.0 Å². The van der Waals surface area contributed by atoms with Crippen LogP contribution in [0.3, 0.4) is 0 Å². The Bertz CT molecular complexity index is 498. The van der Waals surface area contributed by atoms with Gasteiger partial charge in [0.05, 0.1) is 9.95 Å². The van der Waals surface area contributed by atoms with Crippen LogP contribution in [-0.2, 0) is 0 Å². The van der Waals surface area contributed by atoms with Crippen LogP contribution in [0.2, 0.25) is 5.02 Å². The van der Waals surface area contributed by atoms with Gasteiger partial charge in [0.25, 0.3) is 5.69 Å². The van der Waals surface area contributed by atoms with Gasteiger partial charge in [-0.3, -0.25) is 10.1 Å². The molecule has 0 radical (unpaired) electrons. The molecule has 0 bridgehead atoms. The van der Waals surface area contributed by atoms with E-state index in [0.29, 0.717) is 0 Å². The highest BCUT2D eigenvalue weighted by molar-refractivity contribution is 6.34. The quantitative estimate of drug-likeness (QED) is 0.617. The van der Waals surface area contributed by atoms with Crippen molar-refractivity contribution in [2.24, 2.45) is 0 Å². The second-order valence-corrected chi connectivity index (χ2v) is 3.09. The molecule has 0 unspecified atom stereocenters. The van der Waals surface area contributed by atoms with Gasteiger partial charge in [-0.15, -0.1) is 0 Å². The highest BCUT2D eigenvalue weighted by Crippen LogP contribution is 2.30. The molecule has 0 saturated carbocycles. The second kappa shape index (κ2) is 4.15. The number of nitrogens with zero attached hydrogens (tertiary/aromatic N) is 1. The SMILES string of the molecule is O=C(O)c1ccc(Cl)c(C(=O)O)c1[N+](=O)[O-]. The van der Waals surface area contributed by atoms with Crippen molar-refractivity contribution in [3.05, 3.63) is 38.4 Å². The van der Waals surface area contributed by atoms with Crippen LogP contribution < -0.4 is 0 Å². The van der Waals surface area contributed by atoms with E-state index in [1.165, 1.54) is 0 Å². The number of carbonyl (C=O) groups is 2. The molecule has 1 aromatic carbocycles. The van der Waals surface area contributed by atoms with Gasteiger partial charge in [-0.1, -0.05) is 11.6 Å². The van der Waals surface area contributed by atoms with Crippen LogP contribution in [-0.4, -0.2) is 27.1 Å². The fraction of sp³-hybridized carbons (Fsp3) is 0. The summed E-state index contributed by atoms with van der Waals surface area (Å²) in [4.78, 5) is 31.0. The van der Waals surface area contributed by atoms with Crippen LogP contribution in [0.4, 0.5) is 5.69 Å². The Kier molecular flexibility index (Phi) is 3.09. The van der Waals surface area contributed by atoms with Gasteiger partial charge in [-0.05, 0) is 12.1 Å². The highest BCUT2D eigenvalue weighted by atomic mass is 35.5. The summed E-state index contributed by atoms with van der Waals surface area (Å²) in [5.41, 5.74) is -2.56. The zero-order valence-electron chi connectivity index (χ0n) is 7.51. The van der Waals surface area contributed by atoms with Crippen molar-refractivity contribution in [3.63, 3.8) is 0 Å². The predicted molar refractivity (Wildman–Crippen MR) is 52.0 cm³/mol. The molecule has 1 aromatic rings. The summed E-state index contributed by atoms with van der Waals surface area (Å²) >= 11 is 5.47. The Balaban J connectivity index is 3.70. The van der Waals surface area contributed by atoms with Crippen LogP contribution >= 0.6 is 11.6 Å². The smallest absolute Gasteiger partial charge is 0.344 e. The lowest BCUT2D eigenvalue weighted by Gasteiger charge is -2.03. The Morgan fingerprint density at radius 1 is 1.25 bits per heavy atom. The third-order valence-corrected chi connectivity index (χ3v) is 2.07. The Morgan fingerprint density at radius 2 is 1.81 bits per heavy atom. The average Bonchev–Trinajstić information content (AvgIpc) is 2.15. The van der Waals surface area contributed by atoms with Gasteiger partial charge < -0.3 is 10.2 Å².